The summed E-state index contributed by atoms with van der Waals surface area (Å²) in [6, 6.07) is 0. The average Bonchev–Trinajstić information content (AvgIpc) is 2.10. The second-order valence-electron chi connectivity index (χ2n) is 3.39. The first-order valence-corrected chi connectivity index (χ1v) is 5.25. The molecule has 2 nitrogen and oxygen atoms in total. The molecule has 0 aliphatic heterocycles. The van der Waals surface area contributed by atoms with E-state index >= 15 is 0 Å². The second kappa shape index (κ2) is 9.01. The molecule has 0 aliphatic rings. The van der Waals surface area contributed by atoms with E-state index in [1.807, 2.05) is 0 Å². The van der Waals surface area contributed by atoms with Gasteiger partial charge < -0.3 is 11.1 Å². The molecular formula is C10H24N2. The normalized spacial score (nSPS) is 13.2. The summed E-state index contributed by atoms with van der Waals surface area (Å²) in [6.45, 7) is 7.47. The summed E-state index contributed by atoms with van der Waals surface area (Å²) in [6.07, 6.45) is 5.12. The molecule has 0 radical (unpaired) electrons. The standard InChI is InChI=1S/C10H24N2/c1-3-6-10(9-11)7-5-8-12-4-2/h10,12H,3-9,11H2,1-2H3. The SMILES string of the molecule is CCCC(CN)CCCNCC. The lowest BCUT2D eigenvalue weighted by molar-refractivity contribution is 0.435. The minimum absolute atomic E-state index is 0.758. The molecule has 1 unspecified atom stereocenters. The Hall–Kier alpha value is -0.0800. The molecule has 0 saturated carbocycles. The molecular weight excluding hydrogens is 148 g/mol. The summed E-state index contributed by atoms with van der Waals surface area (Å²) >= 11 is 0. The summed E-state index contributed by atoms with van der Waals surface area (Å²) in [5, 5.41) is 3.33. The van der Waals surface area contributed by atoms with E-state index in [1.54, 1.807) is 0 Å². The van der Waals surface area contributed by atoms with Gasteiger partial charge in [-0.25, -0.2) is 0 Å². The molecule has 0 aliphatic carbocycles. The molecule has 2 heteroatoms. The maximum absolute atomic E-state index is 5.65. The van der Waals surface area contributed by atoms with Gasteiger partial charge >= 0.3 is 0 Å². The minimum atomic E-state index is 0.758. The zero-order chi connectivity index (χ0) is 9.23. The van der Waals surface area contributed by atoms with Crippen LogP contribution in [0.15, 0.2) is 0 Å². The monoisotopic (exact) mass is 172 g/mol. The van der Waals surface area contributed by atoms with E-state index in [0.29, 0.717) is 0 Å². The Morgan fingerprint density at radius 2 is 2.00 bits per heavy atom. The Bertz CT molecular complexity index is 83.9. The van der Waals surface area contributed by atoms with Crippen molar-refractivity contribution in [3.8, 4) is 0 Å². The van der Waals surface area contributed by atoms with Gasteiger partial charge in [0.15, 0.2) is 0 Å². The van der Waals surface area contributed by atoms with Crippen molar-refractivity contribution < 1.29 is 0 Å². The molecule has 0 amide bonds. The molecule has 74 valence electrons. The van der Waals surface area contributed by atoms with Gasteiger partial charge in [0, 0.05) is 0 Å². The van der Waals surface area contributed by atoms with Crippen LogP contribution in [0.2, 0.25) is 0 Å². The van der Waals surface area contributed by atoms with E-state index in [2.05, 4.69) is 19.2 Å². The molecule has 0 heterocycles. The molecule has 0 saturated heterocycles. The lowest BCUT2D eigenvalue weighted by atomic mass is 9.98. The Labute approximate surface area is 76.9 Å². The smallest absolute Gasteiger partial charge is 0.00489 e. The highest BCUT2D eigenvalue weighted by molar-refractivity contribution is 4.60. The minimum Gasteiger partial charge on any atom is -0.330 e. The molecule has 0 fully saturated rings. The van der Waals surface area contributed by atoms with Crippen LogP contribution in [0.3, 0.4) is 0 Å². The first-order chi connectivity index (χ1) is 5.85. The van der Waals surface area contributed by atoms with Crippen LogP contribution in [0.5, 0.6) is 0 Å². The van der Waals surface area contributed by atoms with Crippen molar-refractivity contribution in [1.82, 2.24) is 5.32 Å². The lowest BCUT2D eigenvalue weighted by Gasteiger charge is -2.12. The van der Waals surface area contributed by atoms with Crippen molar-refractivity contribution in [3.63, 3.8) is 0 Å². The highest BCUT2D eigenvalue weighted by Gasteiger charge is 2.03. The molecule has 1 atom stereocenters. The van der Waals surface area contributed by atoms with Gasteiger partial charge in [-0.05, 0) is 44.8 Å². The Balaban J connectivity index is 3.19. The van der Waals surface area contributed by atoms with E-state index in [9.17, 15) is 0 Å². The predicted octanol–water partition coefficient (Wildman–Crippen LogP) is 1.75. The first-order valence-electron chi connectivity index (χ1n) is 5.25. The number of rotatable bonds is 8. The van der Waals surface area contributed by atoms with E-state index in [1.165, 1.54) is 25.7 Å². The van der Waals surface area contributed by atoms with E-state index in [0.717, 1.165) is 25.6 Å². The van der Waals surface area contributed by atoms with E-state index < -0.39 is 0 Å². The van der Waals surface area contributed by atoms with Crippen LogP contribution in [0, 0.1) is 5.92 Å². The van der Waals surface area contributed by atoms with Crippen LogP contribution >= 0.6 is 0 Å². The van der Waals surface area contributed by atoms with Crippen LogP contribution in [0.1, 0.15) is 39.5 Å². The second-order valence-corrected chi connectivity index (χ2v) is 3.39. The van der Waals surface area contributed by atoms with Gasteiger partial charge in [0.2, 0.25) is 0 Å². The summed E-state index contributed by atoms with van der Waals surface area (Å²) in [4.78, 5) is 0. The zero-order valence-corrected chi connectivity index (χ0v) is 8.60. The van der Waals surface area contributed by atoms with Crippen molar-refractivity contribution in [2.45, 2.75) is 39.5 Å². The summed E-state index contributed by atoms with van der Waals surface area (Å²) in [7, 11) is 0. The molecule has 0 aromatic heterocycles. The Kier molecular flexibility index (Phi) is 8.95. The Morgan fingerprint density at radius 3 is 2.50 bits per heavy atom. The number of nitrogens with two attached hydrogens (primary N) is 1. The molecule has 0 rings (SSSR count). The summed E-state index contributed by atoms with van der Waals surface area (Å²) in [5.74, 6) is 0.758. The van der Waals surface area contributed by atoms with Crippen LogP contribution in [-0.4, -0.2) is 19.6 Å². The lowest BCUT2D eigenvalue weighted by Crippen LogP contribution is -2.18. The largest absolute Gasteiger partial charge is 0.330 e. The number of nitrogens with one attached hydrogen (secondary N) is 1. The van der Waals surface area contributed by atoms with Crippen molar-refractivity contribution >= 4 is 0 Å². The Morgan fingerprint density at radius 1 is 1.25 bits per heavy atom. The average molecular weight is 172 g/mol. The van der Waals surface area contributed by atoms with Gasteiger partial charge in [-0.1, -0.05) is 20.3 Å². The molecule has 0 aromatic carbocycles. The molecule has 0 spiro atoms. The van der Waals surface area contributed by atoms with Crippen LogP contribution in [-0.2, 0) is 0 Å². The molecule has 0 aromatic rings. The highest BCUT2D eigenvalue weighted by atomic mass is 14.8. The van der Waals surface area contributed by atoms with Gasteiger partial charge in [0.1, 0.15) is 0 Å². The third-order valence-corrected chi connectivity index (χ3v) is 2.25. The summed E-state index contributed by atoms with van der Waals surface area (Å²) < 4.78 is 0. The van der Waals surface area contributed by atoms with Gasteiger partial charge in [-0.15, -0.1) is 0 Å². The third-order valence-electron chi connectivity index (χ3n) is 2.25. The highest BCUT2D eigenvalue weighted by Crippen LogP contribution is 2.10. The summed E-state index contributed by atoms with van der Waals surface area (Å²) in [5.41, 5.74) is 5.65. The van der Waals surface area contributed by atoms with Crippen molar-refractivity contribution in [3.05, 3.63) is 0 Å². The molecule has 0 bridgehead atoms. The van der Waals surface area contributed by atoms with Crippen molar-refractivity contribution in [1.29, 1.82) is 0 Å². The first kappa shape index (κ1) is 11.9. The van der Waals surface area contributed by atoms with E-state index in [-0.39, 0.29) is 0 Å². The van der Waals surface area contributed by atoms with Crippen molar-refractivity contribution in [2.24, 2.45) is 11.7 Å². The van der Waals surface area contributed by atoms with Gasteiger partial charge in [-0.2, -0.15) is 0 Å². The third kappa shape index (κ3) is 6.62. The quantitative estimate of drug-likeness (QED) is 0.547. The zero-order valence-electron chi connectivity index (χ0n) is 8.60. The van der Waals surface area contributed by atoms with Gasteiger partial charge in [0.05, 0.1) is 0 Å². The fourth-order valence-electron chi connectivity index (χ4n) is 1.48. The van der Waals surface area contributed by atoms with Crippen LogP contribution in [0.25, 0.3) is 0 Å². The molecule has 12 heavy (non-hydrogen) atoms. The van der Waals surface area contributed by atoms with Gasteiger partial charge in [0.25, 0.3) is 0 Å². The maximum atomic E-state index is 5.65. The fourth-order valence-corrected chi connectivity index (χ4v) is 1.48. The number of hydrogen-bond acceptors (Lipinski definition) is 2. The maximum Gasteiger partial charge on any atom is -0.00489 e. The number of hydrogen-bond donors (Lipinski definition) is 2. The van der Waals surface area contributed by atoms with Gasteiger partial charge in [-0.3, -0.25) is 0 Å². The predicted molar refractivity (Wildman–Crippen MR) is 55.2 cm³/mol. The fraction of sp³-hybridized carbons (Fsp3) is 1.00. The van der Waals surface area contributed by atoms with Crippen molar-refractivity contribution in [2.75, 3.05) is 19.6 Å². The van der Waals surface area contributed by atoms with E-state index in [4.69, 9.17) is 5.73 Å². The topological polar surface area (TPSA) is 38.0 Å². The van der Waals surface area contributed by atoms with Crippen LogP contribution in [0.4, 0.5) is 0 Å². The molecule has 3 N–H and O–H groups in total. The van der Waals surface area contributed by atoms with Crippen LogP contribution < -0.4 is 11.1 Å².